The molecule has 108 valence electrons. The average molecular weight is 263 g/mol. The molecule has 0 heterocycles. The molecular formula is C17H29NO. The highest BCUT2D eigenvalue weighted by Crippen LogP contribution is 2.27. The molecule has 0 aliphatic heterocycles. The third kappa shape index (κ3) is 5.23. The second kappa shape index (κ2) is 7.54. The Morgan fingerprint density at radius 2 is 1.79 bits per heavy atom. The molecule has 0 amide bonds. The molecule has 0 radical (unpaired) electrons. The lowest BCUT2D eigenvalue weighted by Gasteiger charge is -2.19. The molecule has 1 unspecified atom stereocenters. The van der Waals surface area contributed by atoms with Crippen LogP contribution in [0, 0.1) is 12.8 Å². The number of benzene rings is 1. The fourth-order valence-electron chi connectivity index (χ4n) is 1.93. The number of rotatable bonds is 7. The van der Waals surface area contributed by atoms with E-state index in [1.807, 2.05) is 0 Å². The first kappa shape index (κ1) is 16.0. The van der Waals surface area contributed by atoms with Crippen LogP contribution in [0.25, 0.3) is 0 Å². The van der Waals surface area contributed by atoms with Gasteiger partial charge < -0.3 is 10.1 Å². The van der Waals surface area contributed by atoms with E-state index < -0.39 is 0 Å². The van der Waals surface area contributed by atoms with Gasteiger partial charge in [-0.15, -0.1) is 0 Å². The summed E-state index contributed by atoms with van der Waals surface area (Å²) in [7, 11) is 0. The maximum Gasteiger partial charge on any atom is 0.123 e. The Balaban J connectivity index is 2.51. The lowest BCUT2D eigenvalue weighted by atomic mass is 10.0. The molecule has 0 aliphatic carbocycles. The molecule has 0 spiro atoms. The van der Waals surface area contributed by atoms with E-state index in [2.05, 4.69) is 65.1 Å². The van der Waals surface area contributed by atoms with Crippen LogP contribution >= 0.6 is 0 Å². The molecule has 1 atom stereocenters. The first-order chi connectivity index (χ1) is 8.91. The zero-order valence-electron chi connectivity index (χ0n) is 13.3. The number of hydrogen-bond donors (Lipinski definition) is 1. The summed E-state index contributed by atoms with van der Waals surface area (Å²) < 4.78 is 5.95. The molecule has 2 heteroatoms. The van der Waals surface area contributed by atoms with Crippen molar-refractivity contribution >= 4 is 0 Å². The maximum absolute atomic E-state index is 5.95. The Morgan fingerprint density at radius 1 is 1.11 bits per heavy atom. The number of nitrogens with one attached hydrogen (secondary N) is 1. The molecule has 0 aliphatic rings. The summed E-state index contributed by atoms with van der Waals surface area (Å²) in [6.45, 7) is 14.8. The van der Waals surface area contributed by atoms with E-state index in [1.165, 1.54) is 11.1 Å². The molecule has 0 bridgehead atoms. The summed E-state index contributed by atoms with van der Waals surface area (Å²) in [5.41, 5.74) is 2.55. The van der Waals surface area contributed by atoms with Crippen LogP contribution in [0.1, 0.15) is 51.7 Å². The van der Waals surface area contributed by atoms with Crippen LogP contribution in [-0.4, -0.2) is 19.2 Å². The molecular weight excluding hydrogens is 234 g/mol. The number of hydrogen-bond acceptors (Lipinski definition) is 2. The lowest BCUT2D eigenvalue weighted by molar-refractivity contribution is 0.293. The minimum Gasteiger partial charge on any atom is -0.492 e. The van der Waals surface area contributed by atoms with Gasteiger partial charge in [-0.05, 0) is 42.9 Å². The molecule has 2 nitrogen and oxygen atoms in total. The van der Waals surface area contributed by atoms with Gasteiger partial charge >= 0.3 is 0 Å². The lowest BCUT2D eigenvalue weighted by Crippen LogP contribution is -2.33. The molecule has 0 fully saturated rings. The van der Waals surface area contributed by atoms with Crippen molar-refractivity contribution in [3.05, 3.63) is 29.3 Å². The zero-order chi connectivity index (χ0) is 14.4. The minimum absolute atomic E-state index is 0.498. The van der Waals surface area contributed by atoms with Crippen LogP contribution in [0.5, 0.6) is 5.75 Å². The van der Waals surface area contributed by atoms with Crippen LogP contribution in [0.3, 0.4) is 0 Å². The van der Waals surface area contributed by atoms with Gasteiger partial charge in [0.25, 0.3) is 0 Å². The van der Waals surface area contributed by atoms with Crippen LogP contribution < -0.4 is 10.1 Å². The normalized spacial score (nSPS) is 13.1. The molecule has 0 saturated heterocycles. The monoisotopic (exact) mass is 263 g/mol. The van der Waals surface area contributed by atoms with Gasteiger partial charge in [0.15, 0.2) is 0 Å². The predicted octanol–water partition coefficient (Wildman–Crippen LogP) is 4.13. The molecule has 0 aromatic heterocycles. The highest BCUT2D eigenvalue weighted by atomic mass is 16.5. The SMILES string of the molecule is Cc1ccc(C(C)C)c(OCCNC(C)C(C)C)c1. The van der Waals surface area contributed by atoms with Crippen molar-refractivity contribution in [1.82, 2.24) is 5.32 Å². The third-order valence-electron chi connectivity index (χ3n) is 3.62. The predicted molar refractivity (Wildman–Crippen MR) is 83.1 cm³/mol. The largest absolute Gasteiger partial charge is 0.492 e. The molecule has 0 saturated carbocycles. The van der Waals surface area contributed by atoms with E-state index in [9.17, 15) is 0 Å². The third-order valence-corrected chi connectivity index (χ3v) is 3.62. The van der Waals surface area contributed by atoms with E-state index in [1.54, 1.807) is 0 Å². The van der Waals surface area contributed by atoms with Crippen molar-refractivity contribution in [3.63, 3.8) is 0 Å². The average Bonchev–Trinajstić information content (AvgIpc) is 2.33. The molecule has 19 heavy (non-hydrogen) atoms. The Bertz CT molecular complexity index is 385. The van der Waals surface area contributed by atoms with Gasteiger partial charge in [-0.1, -0.05) is 39.8 Å². The van der Waals surface area contributed by atoms with E-state index in [0.717, 1.165) is 18.9 Å². The second-order valence-electron chi connectivity index (χ2n) is 6.03. The van der Waals surface area contributed by atoms with Gasteiger partial charge in [-0.3, -0.25) is 0 Å². The second-order valence-corrected chi connectivity index (χ2v) is 6.03. The molecule has 1 rings (SSSR count). The topological polar surface area (TPSA) is 21.3 Å². The van der Waals surface area contributed by atoms with Crippen LogP contribution in [0.4, 0.5) is 0 Å². The standard InChI is InChI=1S/C17H29NO/c1-12(2)15(6)18-9-10-19-17-11-14(5)7-8-16(17)13(3)4/h7-8,11-13,15,18H,9-10H2,1-6H3. The summed E-state index contributed by atoms with van der Waals surface area (Å²) in [6.07, 6.45) is 0. The first-order valence-corrected chi connectivity index (χ1v) is 7.38. The van der Waals surface area contributed by atoms with Crippen LogP contribution in [-0.2, 0) is 0 Å². The van der Waals surface area contributed by atoms with Gasteiger partial charge in [0.1, 0.15) is 12.4 Å². The smallest absolute Gasteiger partial charge is 0.123 e. The minimum atomic E-state index is 0.498. The summed E-state index contributed by atoms with van der Waals surface area (Å²) in [5, 5.41) is 3.49. The quantitative estimate of drug-likeness (QED) is 0.747. The number of ether oxygens (including phenoxy) is 1. The van der Waals surface area contributed by atoms with Gasteiger partial charge in [0.2, 0.25) is 0 Å². The summed E-state index contributed by atoms with van der Waals surface area (Å²) in [6, 6.07) is 7.01. The van der Waals surface area contributed by atoms with Crippen molar-refractivity contribution in [2.75, 3.05) is 13.2 Å². The van der Waals surface area contributed by atoms with Crippen molar-refractivity contribution in [1.29, 1.82) is 0 Å². The highest BCUT2D eigenvalue weighted by Gasteiger charge is 2.09. The van der Waals surface area contributed by atoms with Gasteiger partial charge in [0.05, 0.1) is 0 Å². The van der Waals surface area contributed by atoms with Crippen LogP contribution in [0.2, 0.25) is 0 Å². The Kier molecular flexibility index (Phi) is 6.36. The highest BCUT2D eigenvalue weighted by molar-refractivity contribution is 5.39. The van der Waals surface area contributed by atoms with E-state index in [0.29, 0.717) is 17.9 Å². The van der Waals surface area contributed by atoms with Crippen molar-refractivity contribution < 1.29 is 4.74 Å². The van der Waals surface area contributed by atoms with Crippen molar-refractivity contribution in [2.45, 2.75) is 53.5 Å². The van der Waals surface area contributed by atoms with Gasteiger partial charge in [-0.25, -0.2) is 0 Å². The van der Waals surface area contributed by atoms with Crippen molar-refractivity contribution in [3.8, 4) is 5.75 Å². The molecule has 1 aromatic carbocycles. The maximum atomic E-state index is 5.95. The van der Waals surface area contributed by atoms with E-state index in [4.69, 9.17) is 4.74 Å². The summed E-state index contributed by atoms with van der Waals surface area (Å²) in [4.78, 5) is 0. The summed E-state index contributed by atoms with van der Waals surface area (Å²) >= 11 is 0. The van der Waals surface area contributed by atoms with E-state index >= 15 is 0 Å². The van der Waals surface area contributed by atoms with Crippen LogP contribution in [0.15, 0.2) is 18.2 Å². The fourth-order valence-corrected chi connectivity index (χ4v) is 1.93. The van der Waals surface area contributed by atoms with Crippen molar-refractivity contribution in [2.24, 2.45) is 5.92 Å². The van der Waals surface area contributed by atoms with E-state index in [-0.39, 0.29) is 0 Å². The Morgan fingerprint density at radius 3 is 2.37 bits per heavy atom. The zero-order valence-corrected chi connectivity index (χ0v) is 13.3. The Hall–Kier alpha value is -1.02. The Labute approximate surface area is 118 Å². The van der Waals surface area contributed by atoms with Gasteiger partial charge in [0, 0.05) is 12.6 Å². The van der Waals surface area contributed by atoms with Gasteiger partial charge in [-0.2, -0.15) is 0 Å². The summed E-state index contributed by atoms with van der Waals surface area (Å²) in [5.74, 6) is 2.19. The first-order valence-electron chi connectivity index (χ1n) is 7.38. The fraction of sp³-hybridized carbons (Fsp3) is 0.647. The molecule has 1 N–H and O–H groups in total. The molecule has 1 aromatic rings. The number of aryl methyl sites for hydroxylation is 1.